The van der Waals surface area contributed by atoms with Gasteiger partial charge in [-0.3, -0.25) is 4.79 Å². The molecule has 0 aliphatic carbocycles. The topological polar surface area (TPSA) is 41.6 Å². The molecule has 4 nitrogen and oxygen atoms in total. The van der Waals surface area contributed by atoms with E-state index in [1.54, 1.807) is 0 Å². The van der Waals surface area contributed by atoms with Gasteiger partial charge in [-0.1, -0.05) is 17.7 Å². The summed E-state index contributed by atoms with van der Waals surface area (Å²) in [4.78, 5) is 14.4. The first-order valence-electron chi connectivity index (χ1n) is 6.61. The minimum absolute atomic E-state index is 0.0771. The Bertz CT molecular complexity index is 506. The Kier molecular flexibility index (Phi) is 3.48. The molecular weight excluding hydrogens is 264 g/mol. The van der Waals surface area contributed by atoms with Crippen LogP contribution in [0, 0.1) is 0 Å². The van der Waals surface area contributed by atoms with Crippen molar-refractivity contribution in [2.24, 2.45) is 0 Å². The number of nitrogens with one attached hydrogen (secondary N) is 1. The standard InChI is InChI=1S/C14H17ClN2O2/c1-9-13(16-5-7-19-9)14(18)17-6-4-10-2-3-11(15)8-12(10)17/h2-3,8-9,13,16H,4-7H2,1H3/t9-,13+/m1/s1. The van der Waals surface area contributed by atoms with Crippen molar-refractivity contribution in [3.8, 4) is 0 Å². The van der Waals surface area contributed by atoms with Gasteiger partial charge in [-0.05, 0) is 31.0 Å². The summed E-state index contributed by atoms with van der Waals surface area (Å²) in [6.45, 7) is 4.04. The summed E-state index contributed by atoms with van der Waals surface area (Å²) in [6.07, 6.45) is 0.796. The monoisotopic (exact) mass is 280 g/mol. The summed E-state index contributed by atoms with van der Waals surface area (Å²) in [5.41, 5.74) is 2.12. The Morgan fingerprint density at radius 3 is 3.16 bits per heavy atom. The normalized spacial score (nSPS) is 26.3. The molecule has 2 aliphatic heterocycles. The highest BCUT2D eigenvalue weighted by Crippen LogP contribution is 2.31. The van der Waals surface area contributed by atoms with E-state index in [1.807, 2.05) is 30.0 Å². The first-order valence-corrected chi connectivity index (χ1v) is 6.99. The maximum absolute atomic E-state index is 12.6. The highest BCUT2D eigenvalue weighted by Gasteiger charge is 2.35. The van der Waals surface area contributed by atoms with Crippen molar-refractivity contribution >= 4 is 23.2 Å². The molecule has 1 amide bonds. The predicted molar refractivity (Wildman–Crippen MR) is 74.7 cm³/mol. The van der Waals surface area contributed by atoms with Gasteiger partial charge in [-0.25, -0.2) is 0 Å². The van der Waals surface area contributed by atoms with Crippen LogP contribution < -0.4 is 10.2 Å². The molecule has 0 radical (unpaired) electrons. The smallest absolute Gasteiger partial charge is 0.246 e. The number of hydrogen-bond donors (Lipinski definition) is 1. The number of nitrogens with zero attached hydrogens (tertiary/aromatic N) is 1. The summed E-state index contributed by atoms with van der Waals surface area (Å²) in [7, 11) is 0. The van der Waals surface area contributed by atoms with Gasteiger partial charge >= 0.3 is 0 Å². The number of ether oxygens (including phenoxy) is 1. The zero-order valence-corrected chi connectivity index (χ0v) is 11.6. The number of carbonyl (C=O) groups excluding carboxylic acids is 1. The van der Waals surface area contributed by atoms with Gasteiger partial charge in [0.2, 0.25) is 5.91 Å². The fraction of sp³-hybridized carbons (Fsp3) is 0.500. The number of morpholine rings is 1. The zero-order valence-electron chi connectivity index (χ0n) is 10.9. The quantitative estimate of drug-likeness (QED) is 0.850. The lowest BCUT2D eigenvalue weighted by Crippen LogP contribution is -2.56. The van der Waals surface area contributed by atoms with Crippen LogP contribution in [0.25, 0.3) is 0 Å². The molecule has 1 N–H and O–H groups in total. The van der Waals surface area contributed by atoms with Gasteiger partial charge in [0.1, 0.15) is 6.04 Å². The van der Waals surface area contributed by atoms with Gasteiger partial charge in [-0.15, -0.1) is 0 Å². The molecule has 102 valence electrons. The van der Waals surface area contributed by atoms with E-state index in [9.17, 15) is 4.79 Å². The zero-order chi connectivity index (χ0) is 13.4. The van der Waals surface area contributed by atoms with E-state index in [0.29, 0.717) is 11.6 Å². The van der Waals surface area contributed by atoms with Crippen molar-refractivity contribution in [3.05, 3.63) is 28.8 Å². The molecular formula is C14H17ClN2O2. The third-order valence-electron chi connectivity index (χ3n) is 3.79. The molecule has 19 heavy (non-hydrogen) atoms. The van der Waals surface area contributed by atoms with Gasteiger partial charge < -0.3 is 15.0 Å². The summed E-state index contributed by atoms with van der Waals surface area (Å²) >= 11 is 6.03. The number of halogens is 1. The fourth-order valence-electron chi connectivity index (χ4n) is 2.76. The van der Waals surface area contributed by atoms with E-state index in [1.165, 1.54) is 5.56 Å². The van der Waals surface area contributed by atoms with Crippen LogP contribution in [-0.2, 0) is 16.0 Å². The number of rotatable bonds is 1. The van der Waals surface area contributed by atoms with Crippen LogP contribution in [0.15, 0.2) is 18.2 Å². The van der Waals surface area contributed by atoms with Gasteiger partial charge in [-0.2, -0.15) is 0 Å². The third-order valence-corrected chi connectivity index (χ3v) is 4.03. The van der Waals surface area contributed by atoms with Gasteiger partial charge in [0.25, 0.3) is 0 Å². The molecule has 1 fully saturated rings. The Labute approximate surface area is 117 Å². The van der Waals surface area contributed by atoms with Crippen molar-refractivity contribution in [3.63, 3.8) is 0 Å². The lowest BCUT2D eigenvalue weighted by Gasteiger charge is -2.32. The van der Waals surface area contributed by atoms with E-state index in [0.717, 1.165) is 25.2 Å². The summed E-state index contributed by atoms with van der Waals surface area (Å²) in [5.74, 6) is 0.0771. The van der Waals surface area contributed by atoms with Crippen molar-refractivity contribution in [2.45, 2.75) is 25.5 Å². The van der Waals surface area contributed by atoms with Crippen molar-refractivity contribution in [2.75, 3.05) is 24.6 Å². The van der Waals surface area contributed by atoms with E-state index in [2.05, 4.69) is 5.32 Å². The molecule has 2 heterocycles. The number of hydrogen-bond acceptors (Lipinski definition) is 3. The van der Waals surface area contributed by atoms with Crippen LogP contribution in [0.2, 0.25) is 5.02 Å². The van der Waals surface area contributed by atoms with Gasteiger partial charge in [0.15, 0.2) is 0 Å². The number of carbonyl (C=O) groups is 1. The molecule has 2 aliphatic rings. The van der Waals surface area contributed by atoms with Crippen molar-refractivity contribution < 1.29 is 9.53 Å². The molecule has 1 saturated heterocycles. The average molecular weight is 281 g/mol. The molecule has 0 aromatic heterocycles. The highest BCUT2D eigenvalue weighted by molar-refractivity contribution is 6.31. The second-order valence-electron chi connectivity index (χ2n) is 5.02. The summed E-state index contributed by atoms with van der Waals surface area (Å²) in [6, 6.07) is 5.48. The second-order valence-corrected chi connectivity index (χ2v) is 5.46. The maximum atomic E-state index is 12.6. The minimum atomic E-state index is -0.265. The second kappa shape index (κ2) is 5.12. The molecule has 0 bridgehead atoms. The number of benzene rings is 1. The predicted octanol–water partition coefficient (Wildman–Crippen LogP) is 1.61. The summed E-state index contributed by atoms with van der Waals surface area (Å²) in [5, 5.41) is 3.91. The number of amides is 1. The van der Waals surface area contributed by atoms with Gasteiger partial charge in [0, 0.05) is 23.8 Å². The largest absolute Gasteiger partial charge is 0.375 e. The maximum Gasteiger partial charge on any atom is 0.246 e. The van der Waals surface area contributed by atoms with Crippen LogP contribution in [-0.4, -0.2) is 37.7 Å². The molecule has 1 aromatic rings. The van der Waals surface area contributed by atoms with Crippen molar-refractivity contribution in [1.29, 1.82) is 0 Å². The Morgan fingerprint density at radius 1 is 1.53 bits per heavy atom. The van der Waals surface area contributed by atoms with Gasteiger partial charge in [0.05, 0.1) is 12.7 Å². The Hall–Kier alpha value is -1.10. The lowest BCUT2D eigenvalue weighted by atomic mass is 10.1. The van der Waals surface area contributed by atoms with Crippen LogP contribution in [0.1, 0.15) is 12.5 Å². The SMILES string of the molecule is C[C@H]1OCCN[C@@H]1C(=O)N1CCc2ccc(Cl)cc21. The van der Waals surface area contributed by atoms with E-state index in [-0.39, 0.29) is 18.1 Å². The molecule has 2 atom stereocenters. The molecule has 3 rings (SSSR count). The van der Waals surface area contributed by atoms with Crippen LogP contribution in [0.5, 0.6) is 0 Å². The average Bonchev–Trinajstić information content (AvgIpc) is 2.81. The molecule has 0 saturated carbocycles. The first-order chi connectivity index (χ1) is 9.16. The minimum Gasteiger partial charge on any atom is -0.375 e. The summed E-state index contributed by atoms with van der Waals surface area (Å²) < 4.78 is 5.55. The molecule has 1 aromatic carbocycles. The Balaban J connectivity index is 1.84. The number of fused-ring (bicyclic) bond motifs is 1. The fourth-order valence-corrected chi connectivity index (χ4v) is 2.93. The molecule has 5 heteroatoms. The number of anilines is 1. The van der Waals surface area contributed by atoms with Crippen LogP contribution in [0.4, 0.5) is 5.69 Å². The van der Waals surface area contributed by atoms with Crippen molar-refractivity contribution in [1.82, 2.24) is 5.32 Å². The first kappa shape index (κ1) is 12.9. The van der Waals surface area contributed by atoms with Crippen LogP contribution in [0.3, 0.4) is 0 Å². The van der Waals surface area contributed by atoms with Crippen LogP contribution >= 0.6 is 11.6 Å². The van der Waals surface area contributed by atoms with E-state index >= 15 is 0 Å². The van der Waals surface area contributed by atoms with E-state index in [4.69, 9.17) is 16.3 Å². The third kappa shape index (κ3) is 2.36. The lowest BCUT2D eigenvalue weighted by molar-refractivity contribution is -0.126. The molecule has 0 unspecified atom stereocenters. The highest BCUT2D eigenvalue weighted by atomic mass is 35.5. The Morgan fingerprint density at radius 2 is 2.37 bits per heavy atom. The molecule has 0 spiro atoms. The van der Waals surface area contributed by atoms with E-state index < -0.39 is 0 Å².